The number of carbonyl (C=O) groups is 3. The Bertz CT molecular complexity index is 430. The van der Waals surface area contributed by atoms with Crippen LogP contribution in [0.4, 0.5) is 0 Å². The van der Waals surface area contributed by atoms with Gasteiger partial charge in [0.15, 0.2) is 0 Å². The molecule has 0 aromatic rings. The average molecular weight is 387 g/mol. The molecule has 0 rings (SSSR count). The fraction of sp³-hybridized carbons (Fsp3) is 0.750. The van der Waals surface area contributed by atoms with E-state index in [0.29, 0.717) is 6.54 Å². The summed E-state index contributed by atoms with van der Waals surface area (Å²) in [6.07, 6.45) is 11.5. The molecule has 0 bridgehead atoms. The highest BCUT2D eigenvalue weighted by molar-refractivity contribution is 5.67. The largest absolute Gasteiger partial charge is 0.481 e. The molecule has 0 saturated carbocycles. The van der Waals surface area contributed by atoms with Crippen LogP contribution in [0.5, 0.6) is 0 Å². The zero-order chi connectivity index (χ0) is 20.5. The van der Waals surface area contributed by atoms with Crippen LogP contribution >= 0.6 is 0 Å². The molecule has 0 aromatic heterocycles. The van der Waals surface area contributed by atoms with Gasteiger partial charge in [-0.1, -0.05) is 31.9 Å². The lowest BCUT2D eigenvalue weighted by molar-refractivity contribution is -0.927. The third-order valence-corrected chi connectivity index (χ3v) is 4.79. The van der Waals surface area contributed by atoms with Crippen molar-refractivity contribution in [2.24, 2.45) is 0 Å². The van der Waals surface area contributed by atoms with Crippen LogP contribution in [0, 0.1) is 0 Å². The number of aliphatic carboxylic acids is 3. The van der Waals surface area contributed by atoms with Crippen molar-refractivity contribution in [2.45, 2.75) is 71.1 Å². The summed E-state index contributed by atoms with van der Waals surface area (Å²) in [5.74, 6) is -2.84. The topological polar surface area (TPSA) is 112 Å². The van der Waals surface area contributed by atoms with Crippen molar-refractivity contribution >= 4 is 17.9 Å². The molecule has 0 saturated heterocycles. The van der Waals surface area contributed by atoms with Crippen molar-refractivity contribution in [2.75, 3.05) is 26.2 Å². The molecular weight excluding hydrogens is 350 g/mol. The molecule has 156 valence electrons. The number of carboxylic acid groups (broad SMARTS) is 3. The molecule has 27 heavy (non-hydrogen) atoms. The summed E-state index contributed by atoms with van der Waals surface area (Å²) in [7, 11) is 0. The van der Waals surface area contributed by atoms with E-state index in [9.17, 15) is 14.4 Å². The van der Waals surface area contributed by atoms with Gasteiger partial charge in [0.25, 0.3) is 0 Å². The first kappa shape index (κ1) is 25.1. The van der Waals surface area contributed by atoms with E-state index in [1.165, 1.54) is 19.3 Å². The molecule has 0 aliphatic rings. The highest BCUT2D eigenvalue weighted by Gasteiger charge is 2.29. The standard InChI is InChI=1S/C20H35NO6/c1-2-3-4-5-6-7-8-9-10-14-21(15-11-18(22)23,16-12-19(24)25)17-13-20(26)27/h6-7H,2-5,8-17H2,1H3,(H2-,22,23,24,25,26,27)/p+1/b7-6+. The highest BCUT2D eigenvalue weighted by atomic mass is 16.4. The Morgan fingerprint density at radius 2 is 1.07 bits per heavy atom. The fourth-order valence-corrected chi connectivity index (χ4v) is 3.13. The lowest BCUT2D eigenvalue weighted by Crippen LogP contribution is -2.52. The number of rotatable bonds is 18. The lowest BCUT2D eigenvalue weighted by Gasteiger charge is -2.38. The monoisotopic (exact) mass is 386 g/mol. The van der Waals surface area contributed by atoms with Crippen molar-refractivity contribution < 1.29 is 34.2 Å². The van der Waals surface area contributed by atoms with Crippen LogP contribution in [0.25, 0.3) is 0 Å². The predicted octanol–water partition coefficient (Wildman–Crippen LogP) is 3.53. The van der Waals surface area contributed by atoms with E-state index >= 15 is 0 Å². The van der Waals surface area contributed by atoms with Gasteiger partial charge in [0.2, 0.25) is 0 Å². The van der Waals surface area contributed by atoms with E-state index in [2.05, 4.69) is 19.1 Å². The molecule has 0 heterocycles. The highest BCUT2D eigenvalue weighted by Crippen LogP contribution is 2.15. The minimum atomic E-state index is -0.946. The maximum atomic E-state index is 11.0. The van der Waals surface area contributed by atoms with Gasteiger partial charge in [-0.25, -0.2) is 0 Å². The molecule has 0 aliphatic carbocycles. The molecule has 7 nitrogen and oxygen atoms in total. The number of carboxylic acids is 3. The van der Waals surface area contributed by atoms with Gasteiger partial charge < -0.3 is 19.8 Å². The zero-order valence-corrected chi connectivity index (χ0v) is 16.6. The van der Waals surface area contributed by atoms with E-state index in [-0.39, 0.29) is 43.4 Å². The molecule has 0 fully saturated rings. The third kappa shape index (κ3) is 14.9. The summed E-state index contributed by atoms with van der Waals surface area (Å²) in [6, 6.07) is 0. The number of allylic oxidation sites excluding steroid dienone is 2. The Morgan fingerprint density at radius 1 is 0.667 bits per heavy atom. The van der Waals surface area contributed by atoms with Crippen LogP contribution in [0.15, 0.2) is 12.2 Å². The van der Waals surface area contributed by atoms with Crippen molar-refractivity contribution in [1.29, 1.82) is 0 Å². The Labute approximate surface area is 162 Å². The van der Waals surface area contributed by atoms with Crippen molar-refractivity contribution in [1.82, 2.24) is 0 Å². The van der Waals surface area contributed by atoms with Crippen LogP contribution in [0.1, 0.15) is 71.1 Å². The molecule has 7 heteroatoms. The second-order valence-corrected chi connectivity index (χ2v) is 7.13. The number of hydrogen-bond donors (Lipinski definition) is 3. The first-order valence-corrected chi connectivity index (χ1v) is 9.97. The molecule has 0 spiro atoms. The lowest BCUT2D eigenvalue weighted by atomic mass is 10.1. The third-order valence-electron chi connectivity index (χ3n) is 4.79. The molecule has 0 aromatic carbocycles. The summed E-state index contributed by atoms with van der Waals surface area (Å²) >= 11 is 0. The maximum absolute atomic E-state index is 11.0. The van der Waals surface area contributed by atoms with E-state index < -0.39 is 17.9 Å². The second kappa shape index (κ2) is 15.2. The summed E-state index contributed by atoms with van der Waals surface area (Å²) in [5.41, 5.74) is 0. The van der Waals surface area contributed by atoms with Gasteiger partial charge in [0.1, 0.15) is 0 Å². The number of nitrogens with zero attached hydrogens (tertiary/aromatic N) is 1. The molecule has 0 aliphatic heterocycles. The Hall–Kier alpha value is -1.89. The summed E-state index contributed by atoms with van der Waals surface area (Å²) in [6.45, 7) is 3.58. The van der Waals surface area contributed by atoms with Gasteiger partial charge in [-0.2, -0.15) is 0 Å². The van der Waals surface area contributed by atoms with Gasteiger partial charge in [-0.05, 0) is 32.1 Å². The number of unbranched alkanes of at least 4 members (excludes halogenated alkanes) is 5. The molecular formula is C20H36NO6+. The summed E-state index contributed by atoms with van der Waals surface area (Å²) < 4.78 is 0.241. The molecule has 0 unspecified atom stereocenters. The number of quaternary nitrogens is 1. The minimum absolute atomic E-state index is 0.0867. The Morgan fingerprint density at radius 3 is 1.44 bits per heavy atom. The zero-order valence-electron chi connectivity index (χ0n) is 16.6. The van der Waals surface area contributed by atoms with Gasteiger partial charge in [-0.15, -0.1) is 0 Å². The van der Waals surface area contributed by atoms with Gasteiger partial charge >= 0.3 is 17.9 Å². The first-order chi connectivity index (χ1) is 12.8. The normalized spacial score (nSPS) is 11.7. The van der Waals surface area contributed by atoms with Crippen LogP contribution in [0.2, 0.25) is 0 Å². The maximum Gasteiger partial charge on any atom is 0.309 e. The van der Waals surface area contributed by atoms with Gasteiger partial charge in [0.05, 0.1) is 45.4 Å². The van der Waals surface area contributed by atoms with E-state index in [0.717, 1.165) is 25.7 Å². The van der Waals surface area contributed by atoms with E-state index in [4.69, 9.17) is 15.3 Å². The summed E-state index contributed by atoms with van der Waals surface area (Å²) in [4.78, 5) is 33.0. The van der Waals surface area contributed by atoms with E-state index in [1.54, 1.807) is 0 Å². The fourth-order valence-electron chi connectivity index (χ4n) is 3.13. The van der Waals surface area contributed by atoms with Gasteiger partial charge in [0, 0.05) is 0 Å². The van der Waals surface area contributed by atoms with Crippen LogP contribution in [0.3, 0.4) is 0 Å². The SMILES string of the molecule is CCCCC/C=C/CCCC[N+](CCC(=O)O)(CCC(=O)O)CCC(=O)O. The predicted molar refractivity (Wildman–Crippen MR) is 104 cm³/mol. The van der Waals surface area contributed by atoms with Crippen molar-refractivity contribution in [3.63, 3.8) is 0 Å². The molecule has 3 N–H and O–H groups in total. The summed E-state index contributed by atoms with van der Waals surface area (Å²) in [5, 5.41) is 27.0. The molecule has 0 atom stereocenters. The average Bonchev–Trinajstić information content (AvgIpc) is 2.61. The minimum Gasteiger partial charge on any atom is -0.481 e. The molecule has 0 amide bonds. The molecule has 0 radical (unpaired) electrons. The first-order valence-electron chi connectivity index (χ1n) is 9.97. The number of hydrogen-bond acceptors (Lipinski definition) is 3. The van der Waals surface area contributed by atoms with Crippen LogP contribution in [-0.4, -0.2) is 63.9 Å². The van der Waals surface area contributed by atoms with Gasteiger partial charge in [-0.3, -0.25) is 14.4 Å². The van der Waals surface area contributed by atoms with Crippen LogP contribution in [-0.2, 0) is 14.4 Å². The quantitative estimate of drug-likeness (QED) is 0.189. The van der Waals surface area contributed by atoms with Crippen molar-refractivity contribution in [3.05, 3.63) is 12.2 Å². The Balaban J connectivity index is 4.64. The van der Waals surface area contributed by atoms with Crippen molar-refractivity contribution in [3.8, 4) is 0 Å². The van der Waals surface area contributed by atoms with E-state index in [1.807, 2.05) is 0 Å². The second-order valence-electron chi connectivity index (χ2n) is 7.13. The van der Waals surface area contributed by atoms with Crippen LogP contribution < -0.4 is 0 Å². The smallest absolute Gasteiger partial charge is 0.309 e. The Kier molecular flexibility index (Phi) is 14.1.